The third-order valence-corrected chi connectivity index (χ3v) is 5.83. The van der Waals surface area contributed by atoms with Crippen LogP contribution >= 0.6 is 0 Å². The minimum atomic E-state index is -3.72. The van der Waals surface area contributed by atoms with Crippen molar-refractivity contribution in [2.24, 2.45) is 0 Å². The number of benzene rings is 1. The summed E-state index contributed by atoms with van der Waals surface area (Å²) < 4.78 is 42.8. The first-order chi connectivity index (χ1) is 15.6. The summed E-state index contributed by atoms with van der Waals surface area (Å²) >= 11 is 0. The maximum absolute atomic E-state index is 14.9. The van der Waals surface area contributed by atoms with Crippen molar-refractivity contribution in [1.82, 2.24) is 15.2 Å². The van der Waals surface area contributed by atoms with E-state index < -0.39 is 36.1 Å². The second kappa shape index (κ2) is 8.64. The minimum Gasteiger partial charge on any atom is -0.492 e. The van der Waals surface area contributed by atoms with Crippen LogP contribution in [-0.4, -0.2) is 56.3 Å². The van der Waals surface area contributed by atoms with Crippen LogP contribution < -0.4 is 10.2 Å². The van der Waals surface area contributed by atoms with Gasteiger partial charge in [-0.3, -0.25) is 0 Å². The Morgan fingerprint density at radius 2 is 2.06 bits per heavy atom. The Kier molecular flexibility index (Phi) is 6.02. The highest BCUT2D eigenvalue weighted by atomic mass is 19.3. The zero-order chi connectivity index (χ0) is 23.9. The lowest BCUT2D eigenvalue weighted by Gasteiger charge is -2.22. The van der Waals surface area contributed by atoms with Gasteiger partial charge in [-0.2, -0.15) is 13.9 Å². The van der Waals surface area contributed by atoms with Crippen LogP contribution in [0.15, 0.2) is 24.3 Å². The van der Waals surface area contributed by atoms with Gasteiger partial charge in [0.05, 0.1) is 23.4 Å². The van der Waals surface area contributed by atoms with Gasteiger partial charge < -0.3 is 25.5 Å². The van der Waals surface area contributed by atoms with Crippen molar-refractivity contribution in [3.63, 3.8) is 0 Å². The Bertz CT molecular complexity index is 1190. The average Bonchev–Trinajstić information content (AvgIpc) is 3.21. The van der Waals surface area contributed by atoms with Crippen LogP contribution in [0, 0.1) is 12.7 Å². The molecular weight excluding hydrogens is 439 g/mol. The number of aromatic nitrogens is 3. The fourth-order valence-electron chi connectivity index (χ4n) is 4.01. The molecule has 0 spiro atoms. The van der Waals surface area contributed by atoms with Crippen molar-refractivity contribution in [2.75, 3.05) is 29.9 Å². The lowest BCUT2D eigenvalue weighted by atomic mass is 10.00. The molecule has 1 aromatic carbocycles. The number of aliphatic hydroxyl groups is 2. The normalized spacial score (nSPS) is 17.5. The molecule has 0 radical (unpaired) electrons. The van der Waals surface area contributed by atoms with Crippen LogP contribution in [0.2, 0.25) is 0 Å². The molecule has 1 aliphatic rings. The first kappa shape index (κ1) is 23.0. The van der Waals surface area contributed by atoms with Gasteiger partial charge in [-0.05, 0) is 32.4 Å². The molecule has 11 heteroatoms. The third kappa shape index (κ3) is 4.25. The van der Waals surface area contributed by atoms with Crippen molar-refractivity contribution >= 4 is 22.4 Å². The highest BCUT2D eigenvalue weighted by molar-refractivity contribution is 5.93. The van der Waals surface area contributed by atoms with E-state index in [4.69, 9.17) is 5.11 Å². The highest BCUT2D eigenvalue weighted by Gasteiger charge is 2.35. The second-order valence-corrected chi connectivity index (χ2v) is 8.19. The first-order valence-corrected chi connectivity index (χ1v) is 10.5. The molecule has 1 saturated heterocycles. The van der Waals surface area contributed by atoms with Crippen molar-refractivity contribution < 1.29 is 28.5 Å². The molecule has 176 valence electrons. The van der Waals surface area contributed by atoms with E-state index in [1.807, 2.05) is 0 Å². The molecule has 8 nitrogen and oxygen atoms in total. The molecule has 3 heterocycles. The highest BCUT2D eigenvalue weighted by Crippen LogP contribution is 2.37. The molecule has 2 aromatic heterocycles. The van der Waals surface area contributed by atoms with Gasteiger partial charge in [0, 0.05) is 24.0 Å². The summed E-state index contributed by atoms with van der Waals surface area (Å²) in [5, 5.41) is 40.9. The van der Waals surface area contributed by atoms with E-state index in [0.717, 1.165) is 6.07 Å². The summed E-state index contributed by atoms with van der Waals surface area (Å²) in [6.45, 7) is 2.63. The molecule has 0 bridgehead atoms. The molecule has 0 saturated carbocycles. The van der Waals surface area contributed by atoms with Crippen molar-refractivity contribution in [1.29, 1.82) is 0 Å². The number of aliphatic hydroxyl groups excluding tert-OH is 2. The SMILES string of the molecule is Cc1nnc(N[C@H](C)c2cccc(C(F)(F)CO)c2F)c2cc(N3CC[C@H](O)C3)c(O)nc12. The Balaban J connectivity index is 1.73. The Morgan fingerprint density at radius 3 is 2.73 bits per heavy atom. The van der Waals surface area contributed by atoms with Crippen LogP contribution in [0.1, 0.15) is 36.2 Å². The molecule has 2 atom stereocenters. The van der Waals surface area contributed by atoms with E-state index in [9.17, 15) is 23.4 Å². The van der Waals surface area contributed by atoms with Gasteiger partial charge in [0.1, 0.15) is 23.6 Å². The summed E-state index contributed by atoms with van der Waals surface area (Å²) in [4.78, 5) is 6.05. The number of fused-ring (bicyclic) bond motifs is 1. The molecule has 4 N–H and O–H groups in total. The number of aromatic hydroxyl groups is 1. The van der Waals surface area contributed by atoms with Gasteiger partial charge in [-0.1, -0.05) is 12.1 Å². The number of aryl methyl sites for hydroxylation is 1. The van der Waals surface area contributed by atoms with E-state index in [-0.39, 0.29) is 17.3 Å². The summed E-state index contributed by atoms with van der Waals surface area (Å²) in [6.07, 6.45) is 0.0451. The lowest BCUT2D eigenvalue weighted by Crippen LogP contribution is -2.22. The van der Waals surface area contributed by atoms with Crippen LogP contribution in [0.25, 0.3) is 10.9 Å². The Labute approximate surface area is 187 Å². The molecule has 1 aliphatic heterocycles. The standard InChI is InChI=1S/C22H24F3N5O3/c1-11(14-4-3-5-16(18(14)23)22(24,25)10-31)26-20-15-8-17(30-7-6-13(32)9-30)21(33)27-19(15)12(2)28-29-20/h3-5,8,11,13,31-32H,6-7,9-10H2,1-2H3,(H,26,29)(H,27,33)/t11-,13+/m1/s1. The predicted molar refractivity (Wildman–Crippen MR) is 116 cm³/mol. The molecular formula is C22H24F3N5O3. The molecule has 0 unspecified atom stereocenters. The zero-order valence-corrected chi connectivity index (χ0v) is 18.1. The van der Waals surface area contributed by atoms with Crippen molar-refractivity contribution in [3.8, 4) is 5.88 Å². The van der Waals surface area contributed by atoms with Crippen LogP contribution in [0.3, 0.4) is 0 Å². The largest absolute Gasteiger partial charge is 0.492 e. The van der Waals surface area contributed by atoms with Crippen molar-refractivity contribution in [2.45, 2.75) is 38.3 Å². The van der Waals surface area contributed by atoms with Crippen LogP contribution in [0.4, 0.5) is 24.7 Å². The molecule has 0 amide bonds. The number of hydrogen-bond donors (Lipinski definition) is 4. The quantitative estimate of drug-likeness (QED) is 0.441. The molecule has 4 rings (SSSR count). The maximum Gasteiger partial charge on any atom is 0.298 e. The Hall–Kier alpha value is -3.18. The topological polar surface area (TPSA) is 115 Å². The third-order valence-electron chi connectivity index (χ3n) is 5.83. The van der Waals surface area contributed by atoms with Crippen LogP contribution in [0.5, 0.6) is 5.88 Å². The summed E-state index contributed by atoms with van der Waals surface area (Å²) in [5.41, 5.74) is 0.324. The number of β-amino-alcohol motifs (C(OH)–C–C–N with tert-alkyl or cyclic N) is 1. The molecule has 1 fully saturated rings. The summed E-state index contributed by atoms with van der Waals surface area (Å²) in [7, 11) is 0. The van der Waals surface area contributed by atoms with E-state index in [2.05, 4.69) is 20.5 Å². The number of pyridine rings is 1. The predicted octanol–water partition coefficient (Wildman–Crippen LogP) is 3.01. The van der Waals surface area contributed by atoms with Crippen LogP contribution in [-0.2, 0) is 5.92 Å². The van der Waals surface area contributed by atoms with Crippen molar-refractivity contribution in [3.05, 3.63) is 46.9 Å². The van der Waals surface area contributed by atoms with Gasteiger partial charge in [0.2, 0.25) is 5.88 Å². The number of nitrogens with one attached hydrogen (secondary N) is 1. The number of rotatable bonds is 6. The lowest BCUT2D eigenvalue weighted by molar-refractivity contribution is -0.0583. The maximum atomic E-state index is 14.9. The Morgan fingerprint density at radius 1 is 1.30 bits per heavy atom. The monoisotopic (exact) mass is 463 g/mol. The van der Waals surface area contributed by atoms with Gasteiger partial charge in [-0.25, -0.2) is 9.37 Å². The number of halogens is 3. The summed E-state index contributed by atoms with van der Waals surface area (Å²) in [5.74, 6) is -4.82. The zero-order valence-electron chi connectivity index (χ0n) is 18.1. The van der Waals surface area contributed by atoms with E-state index >= 15 is 0 Å². The number of alkyl halides is 2. The smallest absolute Gasteiger partial charge is 0.298 e. The van der Waals surface area contributed by atoms with Gasteiger partial charge >= 0.3 is 0 Å². The fraction of sp³-hybridized carbons (Fsp3) is 0.409. The number of nitrogens with zero attached hydrogens (tertiary/aromatic N) is 4. The van der Waals surface area contributed by atoms with Gasteiger partial charge in [0.15, 0.2) is 5.82 Å². The average molecular weight is 463 g/mol. The minimum absolute atomic E-state index is 0.0363. The first-order valence-electron chi connectivity index (χ1n) is 10.5. The summed E-state index contributed by atoms with van der Waals surface area (Å²) in [6, 6.07) is 4.48. The molecule has 3 aromatic rings. The molecule has 33 heavy (non-hydrogen) atoms. The number of anilines is 2. The van der Waals surface area contributed by atoms with E-state index in [0.29, 0.717) is 41.8 Å². The molecule has 0 aliphatic carbocycles. The van der Waals surface area contributed by atoms with E-state index in [1.165, 1.54) is 12.1 Å². The second-order valence-electron chi connectivity index (χ2n) is 8.19. The van der Waals surface area contributed by atoms with Gasteiger partial charge in [-0.15, -0.1) is 5.10 Å². The number of hydrogen-bond acceptors (Lipinski definition) is 8. The van der Waals surface area contributed by atoms with E-state index in [1.54, 1.807) is 24.8 Å². The van der Waals surface area contributed by atoms with Gasteiger partial charge in [0.25, 0.3) is 5.92 Å². The fourth-order valence-corrected chi connectivity index (χ4v) is 4.01.